The van der Waals surface area contributed by atoms with Gasteiger partial charge in [0.2, 0.25) is 5.91 Å². The number of hydrogen-bond donors (Lipinski definition) is 12. The molecule has 0 aromatic heterocycles. The first kappa shape index (κ1) is 64.4. The molecule has 0 spiro atoms. The summed E-state index contributed by atoms with van der Waals surface area (Å²) in [7, 11) is 0. The molecule has 0 radical (unpaired) electrons. The normalized spacial score (nSPS) is 46.4. The number of carbonyl (C=O) groups excluding carboxylic acids is 2. The van der Waals surface area contributed by atoms with Crippen LogP contribution in [-0.2, 0) is 57.0 Å². The summed E-state index contributed by atoms with van der Waals surface area (Å²) in [4.78, 5) is 38.9. The number of carboxylic acid groups (broad SMARTS) is 1. The van der Waals surface area contributed by atoms with Crippen LogP contribution in [0.15, 0.2) is 11.1 Å². The highest BCUT2D eigenvalue weighted by molar-refractivity contribution is 5.82. The van der Waals surface area contributed by atoms with E-state index >= 15 is 0 Å². The van der Waals surface area contributed by atoms with E-state index in [0.29, 0.717) is 44.9 Å². The Hall–Kier alpha value is -2.57. The van der Waals surface area contributed by atoms with Crippen molar-refractivity contribution in [3.63, 3.8) is 0 Å². The van der Waals surface area contributed by atoms with E-state index in [1.54, 1.807) is 0 Å². The molecule has 4 saturated heterocycles. The highest BCUT2D eigenvalue weighted by Gasteiger charge is 2.69. The van der Waals surface area contributed by atoms with Crippen molar-refractivity contribution in [2.24, 2.45) is 45.3 Å². The van der Waals surface area contributed by atoms with Crippen molar-refractivity contribution in [2.45, 2.75) is 256 Å². The van der Waals surface area contributed by atoms with Crippen LogP contribution in [0.2, 0.25) is 0 Å². The Morgan fingerprint density at radius 3 is 1.93 bits per heavy atom. The molecule has 81 heavy (non-hydrogen) atoms. The van der Waals surface area contributed by atoms with E-state index in [-0.39, 0.29) is 29.6 Å². The first-order valence-corrected chi connectivity index (χ1v) is 29.2. The van der Waals surface area contributed by atoms with E-state index in [9.17, 15) is 70.6 Å². The lowest BCUT2D eigenvalue weighted by atomic mass is 9.43. The summed E-state index contributed by atoms with van der Waals surface area (Å²) in [6.07, 6.45) is -22.5. The largest absolute Gasteiger partial charge is 0.481 e. The van der Waals surface area contributed by atoms with Crippen molar-refractivity contribution < 1.29 is 113 Å². The molecule has 1 amide bonds. The molecule has 4 heterocycles. The van der Waals surface area contributed by atoms with Crippen LogP contribution >= 0.6 is 0 Å². The first-order valence-electron chi connectivity index (χ1n) is 29.2. The minimum Gasteiger partial charge on any atom is -0.481 e. The molecule has 24 heteroatoms. The topological polar surface area (TPSA) is 369 Å². The number of carboxylic acids is 1. The highest BCUT2D eigenvalue weighted by Crippen LogP contribution is 2.73. The molecule has 464 valence electrons. The van der Waals surface area contributed by atoms with E-state index in [1.807, 2.05) is 20.8 Å². The Kier molecular flexibility index (Phi) is 19.6. The average molecular weight is 1160 g/mol. The second-order valence-electron chi connectivity index (χ2n) is 26.3. The molecular formula is C57H93NO23. The maximum Gasteiger partial charge on any atom is 0.314 e. The number of amides is 1. The Bertz CT molecular complexity index is 2250. The maximum absolute atomic E-state index is 14.2. The number of rotatable bonds is 18. The van der Waals surface area contributed by atoms with Crippen molar-refractivity contribution in [3.05, 3.63) is 11.1 Å². The third kappa shape index (κ3) is 11.7. The molecular weight excluding hydrogens is 1070 g/mol. The number of aliphatic hydroxyl groups excluding tert-OH is 10. The maximum atomic E-state index is 14.2. The number of allylic oxidation sites excluding steroid dienone is 1. The van der Waals surface area contributed by atoms with Crippen LogP contribution in [0.25, 0.3) is 0 Å². The van der Waals surface area contributed by atoms with Gasteiger partial charge in [-0.2, -0.15) is 0 Å². The van der Waals surface area contributed by atoms with Gasteiger partial charge in [0, 0.05) is 13.8 Å². The molecule has 6 fully saturated rings. The smallest absolute Gasteiger partial charge is 0.314 e. The lowest BCUT2D eigenvalue weighted by Gasteiger charge is -2.62. The number of aliphatic carboxylic acids is 1. The fourth-order valence-electron chi connectivity index (χ4n) is 16.1. The van der Waals surface area contributed by atoms with Gasteiger partial charge in [-0.3, -0.25) is 14.4 Å². The predicted octanol–water partition coefficient (Wildman–Crippen LogP) is 0.274. The monoisotopic (exact) mass is 1160 g/mol. The van der Waals surface area contributed by atoms with Crippen LogP contribution in [0, 0.1) is 45.3 Å². The Balaban J connectivity index is 1.07. The zero-order valence-corrected chi connectivity index (χ0v) is 48.5. The third-order valence-electron chi connectivity index (χ3n) is 21.1. The van der Waals surface area contributed by atoms with Crippen molar-refractivity contribution in [3.8, 4) is 0 Å². The van der Waals surface area contributed by atoms with Gasteiger partial charge in [0.25, 0.3) is 0 Å². The molecule has 26 unspecified atom stereocenters. The van der Waals surface area contributed by atoms with Gasteiger partial charge in [0.05, 0.1) is 37.9 Å². The summed E-state index contributed by atoms with van der Waals surface area (Å²) in [6.45, 7) is 16.9. The lowest BCUT2D eigenvalue weighted by molar-refractivity contribution is -0.392. The standard InChI is InChI=1S/C57H93NO23/c1-25(2)56(10,81-28(5)62)19-13-26(3)29-15-20-57(52(71)72)31-11-12-36-53(6,7)37(16-17-54(36,8)30(31)14-18-55(29,57)9)78-51-47(80-48-38(58-27(4)61)43(68)40(65)33(21-59)75-48)46(42(67)34(22-60)76-51)79-50-45(70)41(66)35(24-74-50)77-49-44(69)39(64)32(63)23-73-49/h25-26,29,32-51,59-60,63-70H,11-24H2,1-10H3,(H,58,61)(H,71,72). The summed E-state index contributed by atoms with van der Waals surface area (Å²) in [6, 6.07) is -1.50. The van der Waals surface area contributed by atoms with Crippen molar-refractivity contribution in [1.82, 2.24) is 5.32 Å². The molecule has 0 aromatic rings. The third-order valence-corrected chi connectivity index (χ3v) is 21.1. The molecule has 24 nitrogen and oxygen atoms in total. The summed E-state index contributed by atoms with van der Waals surface area (Å²) < 4.78 is 55.1. The van der Waals surface area contributed by atoms with Crippen LogP contribution in [0.4, 0.5) is 0 Å². The zero-order valence-electron chi connectivity index (χ0n) is 48.5. The van der Waals surface area contributed by atoms with E-state index in [4.69, 9.17) is 42.6 Å². The van der Waals surface area contributed by atoms with Gasteiger partial charge in [-0.1, -0.05) is 59.6 Å². The number of ether oxygens (including phenoxy) is 9. The van der Waals surface area contributed by atoms with Gasteiger partial charge < -0.3 is 104 Å². The Labute approximate surface area is 473 Å². The second kappa shape index (κ2) is 24.7. The number of carbonyl (C=O) groups is 3. The van der Waals surface area contributed by atoms with Crippen LogP contribution in [0.1, 0.15) is 133 Å². The molecule has 26 atom stereocenters. The molecule has 4 aliphatic heterocycles. The fraction of sp³-hybridized carbons (Fsp3) is 0.912. The van der Waals surface area contributed by atoms with Gasteiger partial charge >= 0.3 is 11.9 Å². The van der Waals surface area contributed by atoms with Crippen LogP contribution in [0.3, 0.4) is 0 Å². The van der Waals surface area contributed by atoms with Gasteiger partial charge in [-0.15, -0.1) is 0 Å². The molecule has 8 rings (SSSR count). The number of hydrogen-bond acceptors (Lipinski definition) is 22. The van der Waals surface area contributed by atoms with E-state index < -0.39 is 182 Å². The number of aliphatic hydroxyl groups is 10. The number of esters is 1. The molecule has 8 aliphatic rings. The van der Waals surface area contributed by atoms with Gasteiger partial charge in [-0.05, 0) is 111 Å². The summed E-state index contributed by atoms with van der Waals surface area (Å²) >= 11 is 0. The van der Waals surface area contributed by atoms with Gasteiger partial charge in [0.1, 0.15) is 91.0 Å². The van der Waals surface area contributed by atoms with E-state index in [0.717, 1.165) is 31.8 Å². The van der Waals surface area contributed by atoms with Crippen LogP contribution in [0.5, 0.6) is 0 Å². The van der Waals surface area contributed by atoms with Crippen molar-refractivity contribution in [1.29, 1.82) is 0 Å². The highest BCUT2D eigenvalue weighted by atomic mass is 16.8. The first-order chi connectivity index (χ1) is 37.9. The van der Waals surface area contributed by atoms with Crippen molar-refractivity contribution in [2.75, 3.05) is 26.4 Å². The lowest BCUT2D eigenvalue weighted by Crippen LogP contribution is -2.69. The van der Waals surface area contributed by atoms with E-state index in [2.05, 4.69) is 39.9 Å². The molecule has 0 aromatic carbocycles. The molecule has 12 N–H and O–H groups in total. The molecule has 4 aliphatic carbocycles. The average Bonchev–Trinajstić information content (AvgIpc) is 4.02. The SMILES string of the molecule is CC(=O)NC1C(OC2C(OC3CCC4(C)C5=C(CCC4C3(C)C)C3(C(=O)O)CCC(C(C)CCC(C)(OC(C)=O)C(C)C)C3(C)CC5)OC(CO)C(O)C2OC2OCC(OC3OCC(O)C(O)C3O)C(O)C2O)OC(CO)C(O)C1O. The van der Waals surface area contributed by atoms with Gasteiger partial charge in [-0.25, -0.2) is 0 Å². The van der Waals surface area contributed by atoms with Crippen molar-refractivity contribution >= 4 is 17.8 Å². The number of fused-ring (bicyclic) bond motifs is 4. The van der Waals surface area contributed by atoms with Crippen LogP contribution < -0.4 is 5.32 Å². The minimum absolute atomic E-state index is 0.0679. The van der Waals surface area contributed by atoms with Gasteiger partial charge in [0.15, 0.2) is 25.2 Å². The fourth-order valence-corrected chi connectivity index (χ4v) is 16.1. The molecule has 2 saturated carbocycles. The summed E-state index contributed by atoms with van der Waals surface area (Å²) in [5.41, 5.74) is -1.19. The quantitative estimate of drug-likeness (QED) is 0.0647. The number of nitrogens with one attached hydrogen (secondary N) is 1. The predicted molar refractivity (Wildman–Crippen MR) is 281 cm³/mol. The second-order valence-corrected chi connectivity index (χ2v) is 26.3. The van der Waals surface area contributed by atoms with Crippen LogP contribution in [-0.4, -0.2) is 223 Å². The van der Waals surface area contributed by atoms with E-state index in [1.165, 1.54) is 12.5 Å². The Morgan fingerprint density at radius 1 is 0.679 bits per heavy atom. The Morgan fingerprint density at radius 2 is 1.30 bits per heavy atom. The zero-order chi connectivity index (χ0) is 59.6. The minimum atomic E-state index is -1.95. The summed E-state index contributed by atoms with van der Waals surface area (Å²) in [5, 5.41) is 123. The summed E-state index contributed by atoms with van der Waals surface area (Å²) in [5.74, 6) is -1.49. The molecule has 0 bridgehead atoms.